The summed E-state index contributed by atoms with van der Waals surface area (Å²) in [6, 6.07) is 20.0. The summed E-state index contributed by atoms with van der Waals surface area (Å²) in [6.45, 7) is -0.360. The van der Waals surface area contributed by atoms with Crippen molar-refractivity contribution < 1.29 is 9.90 Å². The van der Waals surface area contributed by atoms with Crippen molar-refractivity contribution in [3.8, 4) is 0 Å². The van der Waals surface area contributed by atoms with E-state index in [4.69, 9.17) is 0 Å². The first-order valence-electron chi connectivity index (χ1n) is 23.8. The van der Waals surface area contributed by atoms with E-state index >= 15 is 0 Å². The summed E-state index contributed by atoms with van der Waals surface area (Å²) in [5.74, 6) is 2.41. The molecule has 0 amide bonds. The van der Waals surface area contributed by atoms with E-state index in [9.17, 15) is 9.90 Å². The van der Waals surface area contributed by atoms with E-state index in [1.54, 1.807) is 153 Å². The van der Waals surface area contributed by atoms with Gasteiger partial charge in [0, 0.05) is 40.4 Å². The van der Waals surface area contributed by atoms with Crippen LogP contribution in [-0.4, -0.2) is 17.5 Å². The molecule has 0 saturated heterocycles. The number of hydrogen-bond acceptors (Lipinski definition) is 2. The normalized spacial score (nSPS) is 33.9. The van der Waals surface area contributed by atoms with Crippen LogP contribution in [0.5, 0.6) is 0 Å². The Hall–Kier alpha value is -6.09. The van der Waals surface area contributed by atoms with Gasteiger partial charge in [-0.05, 0) is 213 Å². The molecule has 62 heavy (non-hydrogen) atoms. The van der Waals surface area contributed by atoms with Crippen molar-refractivity contribution in [2.24, 2.45) is 23.2 Å². The molecule has 0 aliphatic heterocycles. The Morgan fingerprint density at radius 3 is 2.34 bits per heavy atom. The van der Waals surface area contributed by atoms with Crippen LogP contribution in [0.2, 0.25) is 0 Å². The molecule has 9 atom stereocenters. The maximum absolute atomic E-state index is 13.3. The van der Waals surface area contributed by atoms with E-state index in [1.807, 2.05) is 0 Å². The lowest BCUT2D eigenvalue weighted by atomic mass is 9.55. The summed E-state index contributed by atoms with van der Waals surface area (Å²) in [5.41, 5.74) is 24.0. The van der Waals surface area contributed by atoms with Crippen LogP contribution in [0, 0.1) is 23.2 Å². The minimum Gasteiger partial charge on any atom is -0.389 e. The molecule has 0 radical (unpaired) electrons. The largest absolute Gasteiger partial charge is 0.389 e. The molecule has 0 bridgehead atoms. The second-order valence-electron chi connectivity index (χ2n) is 22.5. The number of benzene rings is 9. The number of hydrogen-bond donors (Lipinski definition) is 1. The Morgan fingerprint density at radius 2 is 1.45 bits per heavy atom. The third-order valence-electron chi connectivity index (χ3n) is 21.7. The molecular weight excluding hydrogens is 753 g/mol. The maximum atomic E-state index is 13.3. The van der Waals surface area contributed by atoms with Gasteiger partial charge in [0.2, 0.25) is 0 Å². The first-order chi connectivity index (χ1) is 30.7. The number of aliphatic hydroxyl groups is 1. The Labute approximate surface area is 353 Å². The van der Waals surface area contributed by atoms with Crippen molar-refractivity contribution in [1.82, 2.24) is 0 Å². The van der Waals surface area contributed by atoms with Gasteiger partial charge < -0.3 is 5.11 Å². The first kappa shape index (κ1) is 28.5. The lowest BCUT2D eigenvalue weighted by molar-refractivity contribution is -0.121. The van der Waals surface area contributed by atoms with Crippen LogP contribution >= 0.6 is 0 Å². The second kappa shape index (κ2) is 7.60. The van der Waals surface area contributed by atoms with Crippen LogP contribution in [0.1, 0.15) is 104 Å². The molecule has 0 heterocycles. The topological polar surface area (TPSA) is 37.3 Å². The molecule has 284 valence electrons. The molecule has 2 fully saturated rings. The molecule has 22 rings (SSSR count). The Kier molecular flexibility index (Phi) is 3.49. The summed E-state index contributed by atoms with van der Waals surface area (Å²) < 4.78 is 0. The fourth-order valence-electron chi connectivity index (χ4n) is 21.4. The number of carbonyl (C=O) groups excluding carboxylic acids is 1. The Balaban J connectivity index is 1.12. The SMILES string of the molecule is O=C(CO)CCCC1(c2ccccc2)C23c4c5c6c7c8c4c4c2c2c9c%10c%11c%12cc%13cc%14c%15c%16c(cc(c8c%16c4c4c2c%11c%13c%154)C7C=CC6=C2C=CC4C(C=C%10C%12)C9C13C4C25)C%14. The van der Waals surface area contributed by atoms with Gasteiger partial charge in [0.05, 0.1) is 0 Å². The van der Waals surface area contributed by atoms with Gasteiger partial charge in [0.1, 0.15) is 6.61 Å². The van der Waals surface area contributed by atoms with Crippen LogP contribution < -0.4 is 0 Å². The lowest BCUT2D eigenvalue weighted by Crippen LogP contribution is -2.40. The summed E-state index contributed by atoms with van der Waals surface area (Å²) in [4.78, 5) is 13.3. The summed E-state index contributed by atoms with van der Waals surface area (Å²) in [5, 5.41) is 35.9. The fourth-order valence-corrected chi connectivity index (χ4v) is 21.4. The van der Waals surface area contributed by atoms with Crippen molar-refractivity contribution in [2.45, 2.75) is 60.7 Å². The molecule has 12 aliphatic rings. The number of carbonyl (C=O) groups is 1. The van der Waals surface area contributed by atoms with Crippen LogP contribution in [0.4, 0.5) is 0 Å². The van der Waals surface area contributed by atoms with Gasteiger partial charge in [-0.2, -0.15) is 0 Å². The van der Waals surface area contributed by atoms with Crippen molar-refractivity contribution in [3.63, 3.8) is 0 Å². The molecule has 2 spiro atoms. The zero-order chi connectivity index (χ0) is 38.9. The minimum absolute atomic E-state index is 0.0131. The van der Waals surface area contributed by atoms with E-state index < -0.39 is 0 Å². The van der Waals surface area contributed by atoms with Crippen molar-refractivity contribution in [2.75, 3.05) is 6.61 Å². The highest BCUT2D eigenvalue weighted by molar-refractivity contribution is 6.57. The zero-order valence-electron chi connectivity index (χ0n) is 33.6. The highest BCUT2D eigenvalue weighted by Crippen LogP contribution is 3.01. The van der Waals surface area contributed by atoms with Gasteiger partial charge in [0.25, 0.3) is 0 Å². The van der Waals surface area contributed by atoms with Crippen LogP contribution in [-0.2, 0) is 28.5 Å². The average Bonchev–Trinajstić information content (AvgIpc) is 4.05. The van der Waals surface area contributed by atoms with Crippen molar-refractivity contribution >= 4 is 103 Å². The van der Waals surface area contributed by atoms with E-state index in [2.05, 4.69) is 78.9 Å². The first-order valence-corrected chi connectivity index (χ1v) is 23.8. The predicted molar refractivity (Wildman–Crippen MR) is 246 cm³/mol. The number of aliphatic hydroxyl groups excluding tert-OH is 1. The van der Waals surface area contributed by atoms with Gasteiger partial charge >= 0.3 is 0 Å². The average molecular weight is 785 g/mol. The summed E-state index contributed by atoms with van der Waals surface area (Å²) >= 11 is 0. The lowest BCUT2D eigenvalue weighted by Gasteiger charge is -2.46. The molecule has 10 aromatic rings. The maximum Gasteiger partial charge on any atom is 0.158 e. The molecule has 2 saturated carbocycles. The number of fused-ring (bicyclic) bond motifs is 2. The molecular formula is C60H32O2. The fraction of sp³-hybridized carbons (Fsp3) is 0.250. The smallest absolute Gasteiger partial charge is 0.158 e. The van der Waals surface area contributed by atoms with Gasteiger partial charge in [0.15, 0.2) is 5.78 Å². The van der Waals surface area contributed by atoms with E-state index in [1.165, 1.54) is 16.5 Å². The zero-order valence-corrected chi connectivity index (χ0v) is 33.6. The monoisotopic (exact) mass is 784 g/mol. The van der Waals surface area contributed by atoms with E-state index in [0.717, 1.165) is 25.7 Å². The van der Waals surface area contributed by atoms with Gasteiger partial charge in [-0.25, -0.2) is 0 Å². The minimum atomic E-state index is -0.360. The van der Waals surface area contributed by atoms with Crippen LogP contribution in [0.3, 0.4) is 0 Å². The highest BCUT2D eigenvalue weighted by atomic mass is 16.3. The summed E-state index contributed by atoms with van der Waals surface area (Å²) in [6.07, 6.45) is 17.9. The third-order valence-corrected chi connectivity index (χ3v) is 21.7. The van der Waals surface area contributed by atoms with Gasteiger partial charge in [-0.1, -0.05) is 78.9 Å². The van der Waals surface area contributed by atoms with E-state index in [0.29, 0.717) is 41.9 Å². The molecule has 10 aromatic carbocycles. The Morgan fingerprint density at radius 1 is 0.677 bits per heavy atom. The molecule has 0 aromatic heterocycles. The second-order valence-corrected chi connectivity index (χ2v) is 22.5. The highest BCUT2D eigenvalue weighted by Gasteiger charge is 2.98. The molecule has 9 unspecified atom stereocenters. The Bertz CT molecular complexity index is 4400. The number of ketones is 1. The van der Waals surface area contributed by atoms with E-state index in [-0.39, 0.29) is 28.6 Å². The third kappa shape index (κ3) is 1.98. The predicted octanol–water partition coefficient (Wildman–Crippen LogP) is 12.2. The number of allylic oxidation sites excluding steroid dienone is 8. The van der Waals surface area contributed by atoms with Gasteiger partial charge in [-0.3, -0.25) is 4.79 Å². The van der Waals surface area contributed by atoms with Crippen LogP contribution in [0.25, 0.3) is 97.3 Å². The van der Waals surface area contributed by atoms with Crippen molar-refractivity contribution in [1.29, 1.82) is 0 Å². The standard InChI is InChI=1S/C60H32O2/c61-19-26(62)7-4-12-58(25-5-2-1-3-6-25)59-54-30-11-10-28-27-8-9-29-31-17-23-15-20-13-22-14-21-16-24-18-32(30)55(59)49-36(24)34(21)43-37(22)42-33(20)35(23)44-40(31)45-38(29)39(27)50(41(28)54)56-51(45)53-48(44)46(42)47(43)52(49)57(53)60(56,58)59/h1-3,5-6,8-11,13-14,17-18,29-30,32,41,54-55,61H,4,7,12,15-16,19H2. The number of Topliss-reactive ketones (excluding diaryl/α,β-unsaturated/α-hetero) is 1. The molecule has 2 nitrogen and oxygen atoms in total. The van der Waals surface area contributed by atoms with Crippen molar-refractivity contribution in [3.05, 3.63) is 151 Å². The molecule has 1 N–H and O–H groups in total. The van der Waals surface area contributed by atoms with Gasteiger partial charge in [-0.15, -0.1) is 0 Å². The number of rotatable bonds is 6. The molecule has 2 heteroatoms. The molecule has 12 aliphatic carbocycles. The summed E-state index contributed by atoms with van der Waals surface area (Å²) in [7, 11) is 0. The quantitative estimate of drug-likeness (QED) is 0.135. The van der Waals surface area contributed by atoms with Crippen LogP contribution in [0.15, 0.2) is 84.5 Å².